The second kappa shape index (κ2) is 4.42. The molecule has 0 radical (unpaired) electrons. The molecule has 1 heterocycles. The standard InChI is InChI=1S/C5H10ClO7P/c6-1-2-3(7)4(8)5(12-2)13-14(9,10)11/h2-5,7-8H,1H2,(H2,9,10,11)/p-2/t2-,3-,4-,5+/m1/s1. The van der Waals surface area contributed by atoms with E-state index < -0.39 is 32.4 Å². The van der Waals surface area contributed by atoms with Crippen molar-refractivity contribution in [3.8, 4) is 0 Å². The Bertz CT molecular complexity index is 242. The number of aliphatic hydroxyl groups excluding tert-OH is 2. The molecule has 0 amide bonds. The van der Waals surface area contributed by atoms with Gasteiger partial charge >= 0.3 is 0 Å². The number of hydrogen-bond acceptors (Lipinski definition) is 7. The predicted molar refractivity (Wildman–Crippen MR) is 40.1 cm³/mol. The molecule has 9 heteroatoms. The SMILES string of the molecule is O=P([O-])([O-])O[C@@H]1O[C@H](CCl)[C@@H](O)[C@H]1O. The third-order valence-electron chi connectivity index (χ3n) is 1.70. The van der Waals surface area contributed by atoms with E-state index in [-0.39, 0.29) is 5.88 Å². The lowest BCUT2D eigenvalue weighted by Crippen LogP contribution is -2.35. The molecular formula is C5H8ClO7P-2. The number of phosphoric ester groups is 1. The second-order valence-corrected chi connectivity index (χ2v) is 4.14. The van der Waals surface area contributed by atoms with E-state index in [1.54, 1.807) is 0 Å². The van der Waals surface area contributed by atoms with E-state index in [9.17, 15) is 19.5 Å². The van der Waals surface area contributed by atoms with Crippen LogP contribution in [0, 0.1) is 0 Å². The number of ether oxygens (including phenoxy) is 1. The lowest BCUT2D eigenvalue weighted by atomic mass is 10.2. The van der Waals surface area contributed by atoms with E-state index in [0.717, 1.165) is 0 Å². The van der Waals surface area contributed by atoms with Crippen molar-refractivity contribution in [2.24, 2.45) is 0 Å². The molecule has 1 aliphatic rings. The molecule has 0 aromatic heterocycles. The summed E-state index contributed by atoms with van der Waals surface area (Å²) in [5, 5.41) is 18.4. The van der Waals surface area contributed by atoms with Gasteiger partial charge in [-0.3, -0.25) is 0 Å². The first-order valence-corrected chi connectivity index (χ1v) is 5.62. The van der Waals surface area contributed by atoms with Crippen LogP contribution in [0.25, 0.3) is 0 Å². The van der Waals surface area contributed by atoms with Crippen LogP contribution in [0.2, 0.25) is 0 Å². The van der Waals surface area contributed by atoms with Gasteiger partial charge in [-0.25, -0.2) is 0 Å². The molecular weight excluding hydrogens is 238 g/mol. The third kappa shape index (κ3) is 2.88. The molecule has 1 aliphatic heterocycles. The van der Waals surface area contributed by atoms with Gasteiger partial charge in [-0.15, -0.1) is 11.6 Å². The van der Waals surface area contributed by atoms with Gasteiger partial charge < -0.3 is 33.8 Å². The van der Waals surface area contributed by atoms with E-state index in [1.807, 2.05) is 0 Å². The Morgan fingerprint density at radius 1 is 1.43 bits per heavy atom. The maximum absolute atomic E-state index is 10.2. The van der Waals surface area contributed by atoms with Crippen molar-refractivity contribution in [1.29, 1.82) is 0 Å². The van der Waals surface area contributed by atoms with E-state index in [1.165, 1.54) is 0 Å². The van der Waals surface area contributed by atoms with Crippen molar-refractivity contribution in [2.45, 2.75) is 24.6 Å². The molecule has 1 rings (SSSR count). The van der Waals surface area contributed by atoms with Crippen molar-refractivity contribution in [2.75, 3.05) is 5.88 Å². The Morgan fingerprint density at radius 2 is 2.00 bits per heavy atom. The minimum absolute atomic E-state index is 0.153. The van der Waals surface area contributed by atoms with Crippen molar-refractivity contribution >= 4 is 19.4 Å². The Balaban J connectivity index is 2.61. The summed E-state index contributed by atoms with van der Waals surface area (Å²) in [7, 11) is -5.25. The molecule has 2 N–H and O–H groups in total. The molecule has 0 aromatic carbocycles. The highest BCUT2D eigenvalue weighted by molar-refractivity contribution is 7.43. The summed E-state index contributed by atoms with van der Waals surface area (Å²) in [6.07, 6.45) is -5.61. The highest BCUT2D eigenvalue weighted by atomic mass is 35.5. The maximum atomic E-state index is 10.2. The lowest BCUT2D eigenvalue weighted by Gasteiger charge is -2.32. The number of rotatable bonds is 3. The summed E-state index contributed by atoms with van der Waals surface area (Å²) in [5.74, 6) is -0.153. The Labute approximate surface area is 84.5 Å². The number of alkyl halides is 1. The summed E-state index contributed by atoms with van der Waals surface area (Å²) in [6.45, 7) is 0. The zero-order valence-corrected chi connectivity index (χ0v) is 8.43. The molecule has 14 heavy (non-hydrogen) atoms. The minimum atomic E-state index is -5.25. The van der Waals surface area contributed by atoms with Crippen LogP contribution in [0.15, 0.2) is 0 Å². The van der Waals surface area contributed by atoms with E-state index in [4.69, 9.17) is 16.7 Å². The van der Waals surface area contributed by atoms with Crippen LogP contribution >= 0.6 is 19.4 Å². The van der Waals surface area contributed by atoms with Crippen LogP contribution in [-0.4, -0.2) is 40.7 Å². The predicted octanol–water partition coefficient (Wildman–Crippen LogP) is -2.48. The molecule has 0 spiro atoms. The van der Waals surface area contributed by atoms with Crippen LogP contribution in [-0.2, 0) is 13.8 Å². The summed E-state index contributed by atoms with van der Waals surface area (Å²) in [5.41, 5.74) is 0. The van der Waals surface area contributed by atoms with Gasteiger partial charge in [-0.1, -0.05) is 0 Å². The molecule has 0 saturated carbocycles. The van der Waals surface area contributed by atoms with Crippen LogP contribution < -0.4 is 9.79 Å². The van der Waals surface area contributed by atoms with Crippen molar-refractivity contribution in [3.05, 3.63) is 0 Å². The highest BCUT2D eigenvalue weighted by Gasteiger charge is 2.43. The van der Waals surface area contributed by atoms with Gasteiger partial charge in [-0.2, -0.15) is 0 Å². The zero-order valence-electron chi connectivity index (χ0n) is 6.78. The van der Waals surface area contributed by atoms with Gasteiger partial charge in [0.05, 0.1) is 13.7 Å². The van der Waals surface area contributed by atoms with E-state index in [2.05, 4.69) is 9.26 Å². The van der Waals surface area contributed by atoms with Crippen LogP contribution in [0.4, 0.5) is 0 Å². The fraction of sp³-hybridized carbons (Fsp3) is 1.00. The fourth-order valence-electron chi connectivity index (χ4n) is 1.06. The quantitative estimate of drug-likeness (QED) is 0.417. The number of hydrogen-bond donors (Lipinski definition) is 2. The smallest absolute Gasteiger partial charge is 0.191 e. The van der Waals surface area contributed by atoms with Crippen molar-refractivity contribution in [1.82, 2.24) is 0 Å². The normalized spacial score (nSPS) is 38.9. The Hall–Kier alpha value is 0.280. The van der Waals surface area contributed by atoms with Gasteiger partial charge in [0.1, 0.15) is 18.3 Å². The monoisotopic (exact) mass is 246 g/mol. The first-order valence-electron chi connectivity index (χ1n) is 3.63. The highest BCUT2D eigenvalue weighted by Crippen LogP contribution is 2.34. The molecule has 84 valence electrons. The molecule has 4 atom stereocenters. The van der Waals surface area contributed by atoms with Crippen LogP contribution in [0.1, 0.15) is 0 Å². The average Bonchev–Trinajstić information content (AvgIpc) is 2.30. The first-order chi connectivity index (χ1) is 6.35. The number of halogens is 1. The van der Waals surface area contributed by atoms with Crippen molar-refractivity contribution < 1.29 is 33.8 Å². The summed E-state index contributed by atoms with van der Waals surface area (Å²) < 4.78 is 18.7. The molecule has 1 fully saturated rings. The zero-order chi connectivity index (χ0) is 10.9. The topological polar surface area (TPSA) is 122 Å². The van der Waals surface area contributed by atoms with E-state index >= 15 is 0 Å². The first kappa shape index (κ1) is 12.4. The summed E-state index contributed by atoms with van der Waals surface area (Å²) in [4.78, 5) is 20.4. The summed E-state index contributed by atoms with van der Waals surface area (Å²) >= 11 is 5.33. The van der Waals surface area contributed by atoms with Gasteiger partial charge in [0.2, 0.25) is 0 Å². The number of phosphoric acid groups is 1. The lowest BCUT2D eigenvalue weighted by molar-refractivity contribution is -0.354. The van der Waals surface area contributed by atoms with Crippen LogP contribution in [0.5, 0.6) is 0 Å². The van der Waals surface area contributed by atoms with Crippen molar-refractivity contribution in [3.63, 3.8) is 0 Å². The van der Waals surface area contributed by atoms with Gasteiger partial charge in [0.15, 0.2) is 6.29 Å². The molecule has 0 aliphatic carbocycles. The molecule has 1 saturated heterocycles. The summed E-state index contributed by atoms with van der Waals surface area (Å²) in [6, 6.07) is 0. The molecule has 7 nitrogen and oxygen atoms in total. The minimum Gasteiger partial charge on any atom is -0.790 e. The Morgan fingerprint density at radius 3 is 2.36 bits per heavy atom. The maximum Gasteiger partial charge on any atom is 0.191 e. The van der Waals surface area contributed by atoms with Gasteiger partial charge in [0, 0.05) is 0 Å². The van der Waals surface area contributed by atoms with Gasteiger partial charge in [-0.05, 0) is 0 Å². The van der Waals surface area contributed by atoms with Gasteiger partial charge in [0.25, 0.3) is 0 Å². The Kier molecular flexibility index (Phi) is 3.90. The second-order valence-electron chi connectivity index (χ2n) is 2.73. The average molecular weight is 247 g/mol. The molecule has 0 bridgehead atoms. The number of aliphatic hydroxyl groups is 2. The fourth-order valence-corrected chi connectivity index (χ4v) is 1.74. The molecule has 0 aromatic rings. The van der Waals surface area contributed by atoms with Crippen LogP contribution in [0.3, 0.4) is 0 Å². The largest absolute Gasteiger partial charge is 0.790 e. The van der Waals surface area contributed by atoms with E-state index in [0.29, 0.717) is 0 Å². The third-order valence-corrected chi connectivity index (χ3v) is 2.47. The molecule has 0 unspecified atom stereocenters.